The first-order valence-electron chi connectivity index (χ1n) is 8.38. The van der Waals surface area contributed by atoms with Gasteiger partial charge in [0, 0.05) is 11.5 Å². The predicted molar refractivity (Wildman–Crippen MR) is 89.0 cm³/mol. The van der Waals surface area contributed by atoms with Gasteiger partial charge in [-0.05, 0) is 25.7 Å². The van der Waals surface area contributed by atoms with Gasteiger partial charge in [-0.2, -0.15) is 10.5 Å². The molecule has 0 saturated heterocycles. The van der Waals surface area contributed by atoms with Crippen molar-refractivity contribution in [1.82, 2.24) is 10.6 Å². The maximum absolute atomic E-state index is 12.4. The van der Waals surface area contributed by atoms with Gasteiger partial charge in [0.1, 0.15) is 5.92 Å². The fourth-order valence-corrected chi connectivity index (χ4v) is 4.60. The number of nitrogens with zero attached hydrogens (tertiary/aromatic N) is 2. The van der Waals surface area contributed by atoms with Crippen LogP contribution >= 0.6 is 11.8 Å². The fraction of sp³-hybridized carbons (Fsp3) is 0.647. The quantitative estimate of drug-likeness (QED) is 0.811. The van der Waals surface area contributed by atoms with Crippen molar-refractivity contribution in [1.29, 1.82) is 10.5 Å². The third-order valence-electron chi connectivity index (χ3n) is 5.05. The van der Waals surface area contributed by atoms with Gasteiger partial charge in [0.05, 0.1) is 28.5 Å². The Balaban J connectivity index is 1.84. The molecule has 7 heteroatoms. The molecule has 1 atom stereocenters. The van der Waals surface area contributed by atoms with E-state index in [9.17, 15) is 20.1 Å². The lowest BCUT2D eigenvalue weighted by Crippen LogP contribution is -2.48. The summed E-state index contributed by atoms with van der Waals surface area (Å²) >= 11 is 1.20. The number of rotatable bonds is 4. The minimum Gasteiger partial charge on any atom is -0.353 e. The van der Waals surface area contributed by atoms with E-state index in [2.05, 4.69) is 22.8 Å². The lowest BCUT2D eigenvalue weighted by Gasteiger charge is -2.43. The largest absolute Gasteiger partial charge is 0.353 e. The molecule has 2 aliphatic carbocycles. The Bertz CT molecular complexity index is 663. The maximum Gasteiger partial charge on any atom is 0.243 e. The summed E-state index contributed by atoms with van der Waals surface area (Å²) in [6.07, 6.45) is 6.29. The van der Waals surface area contributed by atoms with Gasteiger partial charge in [-0.25, -0.2) is 0 Å². The Morgan fingerprint density at radius 3 is 2.58 bits per heavy atom. The zero-order valence-electron chi connectivity index (χ0n) is 13.4. The Morgan fingerprint density at radius 2 is 2.00 bits per heavy atom. The van der Waals surface area contributed by atoms with Gasteiger partial charge in [0.15, 0.2) is 0 Å². The topological polar surface area (TPSA) is 106 Å². The second kappa shape index (κ2) is 6.86. The van der Waals surface area contributed by atoms with Crippen LogP contribution in [0.15, 0.2) is 10.6 Å². The average Bonchev–Trinajstić information content (AvgIpc) is 3.38. The summed E-state index contributed by atoms with van der Waals surface area (Å²) in [5, 5.41) is 25.3. The van der Waals surface area contributed by atoms with Crippen LogP contribution in [-0.4, -0.2) is 23.6 Å². The van der Waals surface area contributed by atoms with Gasteiger partial charge in [-0.1, -0.05) is 31.0 Å². The SMILES string of the molecule is N#CC1=C(SCC(=O)NC2CC2)NC(=O)[C@H](C#N)C12CCCCC2. The van der Waals surface area contributed by atoms with Gasteiger partial charge >= 0.3 is 0 Å². The third kappa shape index (κ3) is 3.14. The first-order valence-corrected chi connectivity index (χ1v) is 9.37. The van der Waals surface area contributed by atoms with E-state index in [0.29, 0.717) is 23.4 Å². The van der Waals surface area contributed by atoms with Crippen LogP contribution in [0.4, 0.5) is 0 Å². The van der Waals surface area contributed by atoms with Crippen molar-refractivity contribution in [2.75, 3.05) is 5.75 Å². The van der Waals surface area contributed by atoms with Crippen molar-refractivity contribution < 1.29 is 9.59 Å². The summed E-state index contributed by atoms with van der Waals surface area (Å²) in [5.74, 6) is -1.08. The molecule has 0 aromatic rings. The molecular weight excluding hydrogens is 324 g/mol. The van der Waals surface area contributed by atoms with E-state index in [-0.39, 0.29) is 23.6 Å². The Labute approximate surface area is 145 Å². The number of hydrogen-bond donors (Lipinski definition) is 2. The number of nitrogens with one attached hydrogen (secondary N) is 2. The number of carbonyl (C=O) groups excluding carboxylic acids is 2. The normalized spacial score (nSPS) is 25.6. The average molecular weight is 344 g/mol. The first kappa shape index (κ1) is 16.9. The molecule has 0 aromatic carbocycles. The number of hydrogen-bond acceptors (Lipinski definition) is 5. The molecule has 0 aromatic heterocycles. The molecule has 1 spiro atoms. The maximum atomic E-state index is 12.4. The summed E-state index contributed by atoms with van der Waals surface area (Å²) in [6.45, 7) is 0. The van der Waals surface area contributed by atoms with Crippen LogP contribution in [0.1, 0.15) is 44.9 Å². The first-order chi connectivity index (χ1) is 11.6. The number of amides is 2. The monoisotopic (exact) mass is 344 g/mol. The fourth-order valence-electron chi connectivity index (χ4n) is 3.68. The summed E-state index contributed by atoms with van der Waals surface area (Å²) in [5.41, 5.74) is -0.197. The van der Waals surface area contributed by atoms with Crippen molar-refractivity contribution in [3.8, 4) is 12.1 Å². The van der Waals surface area contributed by atoms with E-state index in [1.165, 1.54) is 11.8 Å². The minimum absolute atomic E-state index is 0.0818. The molecule has 0 bridgehead atoms. The highest BCUT2D eigenvalue weighted by atomic mass is 32.2. The summed E-state index contributed by atoms with van der Waals surface area (Å²) < 4.78 is 0. The van der Waals surface area contributed by atoms with E-state index in [4.69, 9.17) is 0 Å². The highest BCUT2D eigenvalue weighted by Gasteiger charge is 2.51. The van der Waals surface area contributed by atoms with Gasteiger partial charge in [0.25, 0.3) is 0 Å². The van der Waals surface area contributed by atoms with Crippen molar-refractivity contribution in [2.45, 2.75) is 51.0 Å². The van der Waals surface area contributed by atoms with Crippen molar-refractivity contribution in [2.24, 2.45) is 11.3 Å². The molecule has 24 heavy (non-hydrogen) atoms. The van der Waals surface area contributed by atoms with E-state index < -0.39 is 11.3 Å². The Morgan fingerprint density at radius 1 is 1.29 bits per heavy atom. The van der Waals surface area contributed by atoms with E-state index >= 15 is 0 Å². The molecule has 6 nitrogen and oxygen atoms in total. The van der Waals surface area contributed by atoms with Gasteiger partial charge < -0.3 is 10.6 Å². The molecule has 2 N–H and O–H groups in total. The third-order valence-corrected chi connectivity index (χ3v) is 6.05. The molecule has 2 fully saturated rings. The molecule has 0 unspecified atom stereocenters. The lowest BCUT2D eigenvalue weighted by atomic mass is 9.61. The summed E-state index contributed by atoms with van der Waals surface area (Å²) in [6, 6.07) is 4.64. The highest BCUT2D eigenvalue weighted by molar-refractivity contribution is 8.03. The van der Waals surface area contributed by atoms with Crippen LogP contribution in [0.5, 0.6) is 0 Å². The zero-order valence-corrected chi connectivity index (χ0v) is 14.2. The number of thioether (sulfide) groups is 1. The van der Waals surface area contributed by atoms with Gasteiger partial charge in [-0.15, -0.1) is 0 Å². The van der Waals surface area contributed by atoms with E-state index in [1.807, 2.05) is 0 Å². The Kier molecular flexibility index (Phi) is 4.82. The molecule has 3 aliphatic rings. The van der Waals surface area contributed by atoms with Crippen LogP contribution < -0.4 is 10.6 Å². The molecule has 2 saturated carbocycles. The van der Waals surface area contributed by atoms with Gasteiger partial charge in [0.2, 0.25) is 11.8 Å². The highest BCUT2D eigenvalue weighted by Crippen LogP contribution is 2.51. The van der Waals surface area contributed by atoms with Crippen molar-refractivity contribution in [3.05, 3.63) is 10.6 Å². The summed E-state index contributed by atoms with van der Waals surface area (Å²) in [4.78, 5) is 24.3. The molecule has 0 radical (unpaired) electrons. The number of allylic oxidation sites excluding steroid dienone is 1. The number of nitriles is 2. The second-order valence-corrected chi connectivity index (χ2v) is 7.70. The molecular formula is C17H20N4O2S. The van der Waals surface area contributed by atoms with Crippen molar-refractivity contribution >= 4 is 23.6 Å². The van der Waals surface area contributed by atoms with Crippen LogP contribution in [0.25, 0.3) is 0 Å². The molecule has 126 valence electrons. The predicted octanol–water partition coefficient (Wildman–Crippen LogP) is 1.95. The number of carbonyl (C=O) groups is 2. The lowest BCUT2D eigenvalue weighted by molar-refractivity contribution is -0.127. The van der Waals surface area contributed by atoms with Gasteiger partial charge in [-0.3, -0.25) is 9.59 Å². The zero-order chi connectivity index (χ0) is 17.2. The summed E-state index contributed by atoms with van der Waals surface area (Å²) in [7, 11) is 0. The van der Waals surface area contributed by atoms with Crippen LogP contribution in [0, 0.1) is 34.0 Å². The van der Waals surface area contributed by atoms with E-state index in [0.717, 1.165) is 32.1 Å². The van der Waals surface area contributed by atoms with Crippen molar-refractivity contribution in [3.63, 3.8) is 0 Å². The Hall–Kier alpha value is -1.99. The van der Waals surface area contributed by atoms with E-state index in [1.54, 1.807) is 0 Å². The molecule has 1 heterocycles. The van der Waals surface area contributed by atoms with Crippen LogP contribution in [-0.2, 0) is 9.59 Å². The molecule has 3 rings (SSSR count). The minimum atomic E-state index is -0.822. The standard InChI is InChI=1S/C17H20N4O2S/c18-8-12-15(23)21-16(24-10-14(22)20-11-4-5-11)13(9-19)17(12)6-2-1-3-7-17/h11-12H,1-7,10H2,(H,20,22)(H,21,23)/t12-/m0/s1. The van der Waals surface area contributed by atoms with Crippen LogP contribution in [0.3, 0.4) is 0 Å². The second-order valence-electron chi connectivity index (χ2n) is 6.71. The molecule has 2 amide bonds. The smallest absolute Gasteiger partial charge is 0.243 e. The van der Waals surface area contributed by atoms with Crippen LogP contribution in [0.2, 0.25) is 0 Å². The molecule has 1 aliphatic heterocycles.